The third-order valence-electron chi connectivity index (χ3n) is 4.20. The van der Waals surface area contributed by atoms with E-state index in [1.54, 1.807) is 6.07 Å². The number of halogens is 1. The summed E-state index contributed by atoms with van der Waals surface area (Å²) >= 11 is 5.95. The van der Waals surface area contributed by atoms with Crippen LogP contribution >= 0.6 is 11.6 Å². The summed E-state index contributed by atoms with van der Waals surface area (Å²) in [6.07, 6.45) is 0.837. The van der Waals surface area contributed by atoms with Gasteiger partial charge < -0.3 is 15.1 Å². The Morgan fingerprint density at radius 2 is 2.15 bits per heavy atom. The van der Waals surface area contributed by atoms with Gasteiger partial charge >= 0.3 is 0 Å². The van der Waals surface area contributed by atoms with Crippen LogP contribution in [-0.4, -0.2) is 27.7 Å². The third kappa shape index (κ3) is 3.70. The number of amides is 1. The Balaban J connectivity index is 1.31. The van der Waals surface area contributed by atoms with Gasteiger partial charge in [-0.3, -0.25) is 4.79 Å². The molecule has 1 aromatic heterocycles. The SMILES string of the molecule is O=C(NCc1cccc(Cl)c1)C1=NO[C@H](Cc2nc3ccccc3[nH]2)C1. The summed E-state index contributed by atoms with van der Waals surface area (Å²) in [7, 11) is 0. The quantitative estimate of drug-likeness (QED) is 0.725. The van der Waals surface area contributed by atoms with Crippen molar-refractivity contribution in [1.82, 2.24) is 15.3 Å². The number of benzene rings is 2. The van der Waals surface area contributed by atoms with Gasteiger partial charge in [0.15, 0.2) is 0 Å². The maximum absolute atomic E-state index is 12.3. The zero-order valence-electron chi connectivity index (χ0n) is 13.9. The predicted molar refractivity (Wildman–Crippen MR) is 100 cm³/mol. The summed E-state index contributed by atoms with van der Waals surface area (Å²) in [6.45, 7) is 0.395. The number of para-hydroxylation sites is 2. The molecule has 0 aliphatic carbocycles. The first-order chi connectivity index (χ1) is 12.7. The molecule has 7 heteroatoms. The maximum Gasteiger partial charge on any atom is 0.269 e. The molecule has 0 spiro atoms. The van der Waals surface area contributed by atoms with Crippen molar-refractivity contribution >= 4 is 34.3 Å². The molecule has 26 heavy (non-hydrogen) atoms. The standard InChI is InChI=1S/C19H17ClN4O2/c20-13-5-3-4-12(8-13)11-21-19(25)17-9-14(26-24-17)10-18-22-15-6-1-2-7-16(15)23-18/h1-8,14H,9-11H2,(H,21,25)(H,22,23)/t14-/m0/s1. The van der Waals surface area contributed by atoms with E-state index < -0.39 is 0 Å². The van der Waals surface area contributed by atoms with E-state index in [9.17, 15) is 4.79 Å². The number of H-pyrrole nitrogens is 1. The number of rotatable bonds is 5. The van der Waals surface area contributed by atoms with Crippen molar-refractivity contribution in [3.8, 4) is 0 Å². The first kappa shape index (κ1) is 16.6. The number of fused-ring (bicyclic) bond motifs is 1. The highest BCUT2D eigenvalue weighted by molar-refractivity contribution is 6.39. The summed E-state index contributed by atoms with van der Waals surface area (Å²) in [4.78, 5) is 25.5. The summed E-state index contributed by atoms with van der Waals surface area (Å²) in [5.41, 5.74) is 3.24. The second-order valence-electron chi connectivity index (χ2n) is 6.19. The smallest absolute Gasteiger partial charge is 0.269 e. The molecule has 0 unspecified atom stereocenters. The van der Waals surface area contributed by atoms with Gasteiger partial charge in [0, 0.05) is 24.4 Å². The van der Waals surface area contributed by atoms with Crippen LogP contribution in [-0.2, 0) is 22.6 Å². The summed E-state index contributed by atoms with van der Waals surface area (Å²) in [5, 5.41) is 7.42. The number of hydrogen-bond acceptors (Lipinski definition) is 4. The zero-order valence-corrected chi connectivity index (χ0v) is 14.7. The molecular formula is C19H17ClN4O2. The lowest BCUT2D eigenvalue weighted by atomic mass is 10.1. The Bertz CT molecular complexity index is 949. The van der Waals surface area contributed by atoms with Crippen LogP contribution in [0.4, 0.5) is 0 Å². The minimum Gasteiger partial charge on any atom is -0.391 e. The Labute approximate surface area is 155 Å². The number of nitrogens with one attached hydrogen (secondary N) is 2. The minimum absolute atomic E-state index is 0.192. The van der Waals surface area contributed by atoms with Crippen LogP contribution in [0.2, 0.25) is 5.02 Å². The van der Waals surface area contributed by atoms with Crippen molar-refractivity contribution in [3.63, 3.8) is 0 Å². The molecule has 0 saturated heterocycles. The van der Waals surface area contributed by atoms with Crippen molar-refractivity contribution in [2.45, 2.75) is 25.5 Å². The van der Waals surface area contributed by atoms with Crippen molar-refractivity contribution in [1.29, 1.82) is 0 Å². The largest absolute Gasteiger partial charge is 0.391 e. The molecule has 1 aliphatic rings. The summed E-state index contributed by atoms with van der Waals surface area (Å²) < 4.78 is 0. The molecule has 1 amide bonds. The van der Waals surface area contributed by atoms with E-state index in [4.69, 9.17) is 16.4 Å². The molecule has 6 nitrogen and oxygen atoms in total. The van der Waals surface area contributed by atoms with E-state index in [2.05, 4.69) is 20.4 Å². The number of carbonyl (C=O) groups is 1. The van der Waals surface area contributed by atoms with E-state index >= 15 is 0 Å². The molecule has 2 N–H and O–H groups in total. The van der Waals surface area contributed by atoms with E-state index in [-0.39, 0.29) is 12.0 Å². The number of aromatic amines is 1. The molecule has 3 aromatic rings. The van der Waals surface area contributed by atoms with E-state index in [1.165, 1.54) is 0 Å². The molecule has 1 atom stereocenters. The van der Waals surface area contributed by atoms with Gasteiger partial charge in [0.25, 0.3) is 5.91 Å². The van der Waals surface area contributed by atoms with Crippen molar-refractivity contribution in [2.75, 3.05) is 0 Å². The van der Waals surface area contributed by atoms with Gasteiger partial charge in [0.05, 0.1) is 11.0 Å². The average molecular weight is 369 g/mol. The molecule has 0 radical (unpaired) electrons. The first-order valence-corrected chi connectivity index (χ1v) is 8.74. The van der Waals surface area contributed by atoms with Gasteiger partial charge in [0.2, 0.25) is 0 Å². The Morgan fingerprint density at radius 1 is 1.27 bits per heavy atom. The van der Waals surface area contributed by atoms with Gasteiger partial charge in [-0.05, 0) is 29.8 Å². The first-order valence-electron chi connectivity index (χ1n) is 8.36. The van der Waals surface area contributed by atoms with E-state index in [1.807, 2.05) is 42.5 Å². The lowest BCUT2D eigenvalue weighted by molar-refractivity contribution is -0.115. The van der Waals surface area contributed by atoms with E-state index in [0.29, 0.717) is 30.1 Å². The molecule has 1 aliphatic heterocycles. The molecular weight excluding hydrogens is 352 g/mol. The lowest BCUT2D eigenvalue weighted by Gasteiger charge is -2.06. The van der Waals surface area contributed by atoms with Crippen LogP contribution in [0, 0.1) is 0 Å². The fourth-order valence-corrected chi connectivity index (χ4v) is 3.13. The van der Waals surface area contributed by atoms with Gasteiger partial charge in [-0.1, -0.05) is 41.0 Å². The number of carbonyl (C=O) groups excluding carboxylic acids is 1. The van der Waals surface area contributed by atoms with Crippen molar-refractivity contribution < 1.29 is 9.63 Å². The van der Waals surface area contributed by atoms with E-state index in [0.717, 1.165) is 22.4 Å². The fourth-order valence-electron chi connectivity index (χ4n) is 2.92. The number of oxime groups is 1. The van der Waals surface area contributed by atoms with Crippen molar-refractivity contribution in [3.05, 3.63) is 64.9 Å². The predicted octanol–water partition coefficient (Wildman–Crippen LogP) is 3.22. The topological polar surface area (TPSA) is 79.4 Å². The maximum atomic E-state index is 12.3. The van der Waals surface area contributed by atoms with Gasteiger partial charge in [-0.25, -0.2) is 4.98 Å². The zero-order chi connectivity index (χ0) is 17.9. The second kappa shape index (κ2) is 7.17. The molecule has 0 fully saturated rings. The minimum atomic E-state index is -0.225. The average Bonchev–Trinajstić information content (AvgIpc) is 3.26. The molecule has 0 bridgehead atoms. The van der Waals surface area contributed by atoms with Gasteiger partial charge in [0.1, 0.15) is 17.6 Å². The highest BCUT2D eigenvalue weighted by Crippen LogP contribution is 2.18. The molecule has 4 rings (SSSR count). The van der Waals surface area contributed by atoms with Crippen LogP contribution in [0.5, 0.6) is 0 Å². The number of imidazole rings is 1. The fraction of sp³-hybridized carbons (Fsp3) is 0.211. The van der Waals surface area contributed by atoms with Gasteiger partial charge in [-0.2, -0.15) is 0 Å². The molecule has 2 heterocycles. The number of aromatic nitrogens is 2. The van der Waals surface area contributed by atoms with Crippen LogP contribution in [0.1, 0.15) is 17.8 Å². The third-order valence-corrected chi connectivity index (χ3v) is 4.43. The van der Waals surface area contributed by atoms with Crippen LogP contribution in [0.25, 0.3) is 11.0 Å². The van der Waals surface area contributed by atoms with Crippen LogP contribution in [0.3, 0.4) is 0 Å². The highest BCUT2D eigenvalue weighted by Gasteiger charge is 2.27. The Hall–Kier alpha value is -2.86. The molecule has 0 saturated carbocycles. The normalized spacial score (nSPS) is 16.3. The summed E-state index contributed by atoms with van der Waals surface area (Å²) in [6, 6.07) is 15.2. The van der Waals surface area contributed by atoms with Crippen molar-refractivity contribution in [2.24, 2.45) is 5.16 Å². The van der Waals surface area contributed by atoms with Crippen LogP contribution < -0.4 is 5.32 Å². The van der Waals surface area contributed by atoms with Crippen LogP contribution in [0.15, 0.2) is 53.7 Å². The lowest BCUT2D eigenvalue weighted by Crippen LogP contribution is -2.30. The number of hydrogen-bond donors (Lipinski definition) is 2. The second-order valence-corrected chi connectivity index (χ2v) is 6.62. The monoisotopic (exact) mass is 368 g/mol. The highest BCUT2D eigenvalue weighted by atomic mass is 35.5. The Kier molecular flexibility index (Phi) is 4.58. The summed E-state index contributed by atoms with van der Waals surface area (Å²) in [5.74, 6) is 0.601. The number of nitrogens with zero attached hydrogens (tertiary/aromatic N) is 2. The molecule has 2 aromatic carbocycles. The molecule has 132 valence electrons. The van der Waals surface area contributed by atoms with Gasteiger partial charge in [-0.15, -0.1) is 0 Å². The Morgan fingerprint density at radius 3 is 3.00 bits per heavy atom.